The highest BCUT2D eigenvalue weighted by Gasteiger charge is 2.18. The van der Waals surface area contributed by atoms with Gasteiger partial charge in [0.25, 0.3) is 0 Å². The van der Waals surface area contributed by atoms with Crippen LogP contribution in [0.15, 0.2) is 24.5 Å². The minimum Gasteiger partial charge on any atom is -0.493 e. The van der Waals surface area contributed by atoms with Gasteiger partial charge in [0.1, 0.15) is 6.10 Å². The molecular formula is C12H14O. The summed E-state index contributed by atoms with van der Waals surface area (Å²) in [6, 6.07) is 6.40. The predicted molar refractivity (Wildman–Crippen MR) is 54.3 cm³/mol. The monoisotopic (exact) mass is 174 g/mol. The van der Waals surface area contributed by atoms with E-state index in [0.717, 1.165) is 0 Å². The number of aryl methyl sites for hydroxylation is 1. The fourth-order valence-corrected chi connectivity index (χ4v) is 1.90. The SMILES string of the molecule is CC1=COC(C)c2c(C)cccc21. The van der Waals surface area contributed by atoms with E-state index in [9.17, 15) is 0 Å². The van der Waals surface area contributed by atoms with Crippen LogP contribution in [0, 0.1) is 6.92 Å². The highest BCUT2D eigenvalue weighted by molar-refractivity contribution is 5.68. The Morgan fingerprint density at radius 3 is 2.69 bits per heavy atom. The zero-order chi connectivity index (χ0) is 9.42. The summed E-state index contributed by atoms with van der Waals surface area (Å²) in [4.78, 5) is 0. The van der Waals surface area contributed by atoms with Gasteiger partial charge >= 0.3 is 0 Å². The maximum Gasteiger partial charge on any atom is 0.121 e. The van der Waals surface area contributed by atoms with Gasteiger partial charge in [0, 0.05) is 5.56 Å². The van der Waals surface area contributed by atoms with Gasteiger partial charge in [0.15, 0.2) is 0 Å². The molecule has 0 radical (unpaired) electrons. The lowest BCUT2D eigenvalue weighted by Crippen LogP contribution is -2.07. The van der Waals surface area contributed by atoms with Gasteiger partial charge in [0.05, 0.1) is 6.26 Å². The minimum absolute atomic E-state index is 0.194. The van der Waals surface area contributed by atoms with Gasteiger partial charge in [-0.05, 0) is 37.5 Å². The van der Waals surface area contributed by atoms with Crippen molar-refractivity contribution in [2.24, 2.45) is 0 Å². The molecule has 0 fully saturated rings. The number of hydrogen-bond donors (Lipinski definition) is 0. The lowest BCUT2D eigenvalue weighted by Gasteiger charge is -2.23. The van der Waals surface area contributed by atoms with Crippen LogP contribution in [0.25, 0.3) is 5.57 Å². The number of rotatable bonds is 0. The minimum atomic E-state index is 0.194. The molecule has 0 saturated carbocycles. The Hall–Kier alpha value is -1.24. The Morgan fingerprint density at radius 1 is 1.23 bits per heavy atom. The summed E-state index contributed by atoms with van der Waals surface area (Å²) in [5.41, 5.74) is 5.20. The molecule has 1 aromatic rings. The van der Waals surface area contributed by atoms with Crippen molar-refractivity contribution in [3.63, 3.8) is 0 Å². The highest BCUT2D eigenvalue weighted by atomic mass is 16.5. The van der Waals surface area contributed by atoms with Crippen molar-refractivity contribution in [1.29, 1.82) is 0 Å². The van der Waals surface area contributed by atoms with Crippen molar-refractivity contribution in [3.05, 3.63) is 41.2 Å². The normalized spacial score (nSPS) is 20.2. The molecule has 1 atom stereocenters. The topological polar surface area (TPSA) is 9.23 Å². The number of fused-ring (bicyclic) bond motifs is 1. The second kappa shape index (κ2) is 2.91. The summed E-state index contributed by atoms with van der Waals surface area (Å²) in [6.07, 6.45) is 2.05. The molecule has 1 heteroatoms. The van der Waals surface area contributed by atoms with E-state index in [2.05, 4.69) is 39.0 Å². The van der Waals surface area contributed by atoms with Crippen LogP contribution in [-0.4, -0.2) is 0 Å². The van der Waals surface area contributed by atoms with Crippen LogP contribution < -0.4 is 0 Å². The third-order valence-corrected chi connectivity index (χ3v) is 2.60. The van der Waals surface area contributed by atoms with Gasteiger partial charge in [-0.1, -0.05) is 18.2 Å². The van der Waals surface area contributed by atoms with Crippen LogP contribution in [0.4, 0.5) is 0 Å². The third kappa shape index (κ3) is 1.24. The van der Waals surface area contributed by atoms with Crippen molar-refractivity contribution in [1.82, 2.24) is 0 Å². The molecule has 0 N–H and O–H groups in total. The van der Waals surface area contributed by atoms with E-state index in [1.165, 1.54) is 22.3 Å². The van der Waals surface area contributed by atoms with E-state index in [4.69, 9.17) is 4.74 Å². The molecule has 68 valence electrons. The Morgan fingerprint density at radius 2 is 2.00 bits per heavy atom. The third-order valence-electron chi connectivity index (χ3n) is 2.60. The van der Waals surface area contributed by atoms with Gasteiger partial charge in [-0.25, -0.2) is 0 Å². The number of hydrogen-bond acceptors (Lipinski definition) is 1. The standard InChI is InChI=1S/C12H14O/c1-8-5-4-6-11-9(2)7-13-10(3)12(8)11/h4-7,10H,1-3H3. The van der Waals surface area contributed by atoms with Crippen molar-refractivity contribution >= 4 is 5.57 Å². The maximum absolute atomic E-state index is 5.54. The molecule has 1 aliphatic rings. The average molecular weight is 174 g/mol. The molecule has 0 spiro atoms. The van der Waals surface area contributed by atoms with Crippen LogP contribution >= 0.6 is 0 Å². The number of allylic oxidation sites excluding steroid dienone is 1. The lowest BCUT2D eigenvalue weighted by atomic mass is 9.92. The highest BCUT2D eigenvalue weighted by Crippen LogP contribution is 2.33. The van der Waals surface area contributed by atoms with Crippen LogP contribution in [0.5, 0.6) is 0 Å². The van der Waals surface area contributed by atoms with Crippen LogP contribution in [0.3, 0.4) is 0 Å². The molecule has 1 aromatic carbocycles. The number of benzene rings is 1. The van der Waals surface area contributed by atoms with Gasteiger partial charge in [0.2, 0.25) is 0 Å². The second-order valence-electron chi connectivity index (χ2n) is 3.62. The molecule has 0 aliphatic carbocycles. The molecule has 13 heavy (non-hydrogen) atoms. The lowest BCUT2D eigenvalue weighted by molar-refractivity contribution is 0.160. The molecule has 0 aromatic heterocycles. The summed E-state index contributed by atoms with van der Waals surface area (Å²) in [5, 5.41) is 0. The van der Waals surface area contributed by atoms with E-state index >= 15 is 0 Å². The average Bonchev–Trinajstić information content (AvgIpc) is 2.12. The van der Waals surface area contributed by atoms with Crippen molar-refractivity contribution in [2.45, 2.75) is 26.9 Å². The molecule has 1 heterocycles. The summed E-state index contributed by atoms with van der Waals surface area (Å²) in [5.74, 6) is 0. The van der Waals surface area contributed by atoms with Crippen LogP contribution in [0.1, 0.15) is 36.6 Å². The van der Waals surface area contributed by atoms with E-state index in [-0.39, 0.29) is 6.10 Å². The quantitative estimate of drug-likeness (QED) is 0.585. The molecule has 2 rings (SSSR count). The Bertz CT molecular complexity index is 363. The predicted octanol–water partition coefficient (Wildman–Crippen LogP) is 3.45. The summed E-state index contributed by atoms with van der Waals surface area (Å²) in [6.45, 7) is 6.32. The largest absolute Gasteiger partial charge is 0.493 e. The summed E-state index contributed by atoms with van der Waals surface area (Å²) < 4.78 is 5.54. The molecule has 0 bridgehead atoms. The summed E-state index contributed by atoms with van der Waals surface area (Å²) in [7, 11) is 0. The molecule has 0 amide bonds. The first kappa shape index (κ1) is 8.36. The summed E-state index contributed by atoms with van der Waals surface area (Å²) >= 11 is 0. The number of ether oxygens (including phenoxy) is 1. The van der Waals surface area contributed by atoms with Crippen molar-refractivity contribution < 1.29 is 4.74 Å². The fourth-order valence-electron chi connectivity index (χ4n) is 1.90. The van der Waals surface area contributed by atoms with Crippen molar-refractivity contribution in [3.8, 4) is 0 Å². The molecule has 1 nitrogen and oxygen atoms in total. The van der Waals surface area contributed by atoms with E-state index in [0.29, 0.717) is 0 Å². The smallest absolute Gasteiger partial charge is 0.121 e. The zero-order valence-electron chi connectivity index (χ0n) is 8.29. The van der Waals surface area contributed by atoms with E-state index < -0.39 is 0 Å². The first-order valence-corrected chi connectivity index (χ1v) is 4.62. The fraction of sp³-hybridized carbons (Fsp3) is 0.333. The maximum atomic E-state index is 5.54. The van der Waals surface area contributed by atoms with Gasteiger partial charge < -0.3 is 4.74 Å². The zero-order valence-corrected chi connectivity index (χ0v) is 8.29. The van der Waals surface area contributed by atoms with Crippen LogP contribution in [-0.2, 0) is 4.74 Å². The van der Waals surface area contributed by atoms with Crippen molar-refractivity contribution in [2.75, 3.05) is 0 Å². The molecule has 1 unspecified atom stereocenters. The van der Waals surface area contributed by atoms with Gasteiger partial charge in [-0.15, -0.1) is 0 Å². The Labute approximate surface area is 79.0 Å². The van der Waals surface area contributed by atoms with Gasteiger partial charge in [-0.2, -0.15) is 0 Å². The second-order valence-corrected chi connectivity index (χ2v) is 3.62. The van der Waals surface area contributed by atoms with E-state index in [1.807, 2.05) is 6.26 Å². The molecule has 0 saturated heterocycles. The van der Waals surface area contributed by atoms with E-state index in [1.54, 1.807) is 0 Å². The molecule has 1 aliphatic heterocycles. The Balaban J connectivity index is 2.66. The first-order chi connectivity index (χ1) is 6.20. The molecular weight excluding hydrogens is 160 g/mol. The Kier molecular flexibility index (Phi) is 1.87. The van der Waals surface area contributed by atoms with Gasteiger partial charge in [-0.3, -0.25) is 0 Å². The first-order valence-electron chi connectivity index (χ1n) is 4.62. The van der Waals surface area contributed by atoms with Crippen LogP contribution in [0.2, 0.25) is 0 Å².